The fourth-order valence-electron chi connectivity index (χ4n) is 9.51. The predicted molar refractivity (Wildman–Crippen MR) is 261 cm³/mol. The number of alkyl halides is 3. The number of hydrogen-bond donors (Lipinski definition) is 0. The molecule has 0 saturated heterocycles. The molecule has 66 heavy (non-hydrogen) atoms. The average Bonchev–Trinajstić information content (AvgIpc) is 3.85. The van der Waals surface area contributed by atoms with Gasteiger partial charge >= 0.3 is 6.18 Å². The molecule has 314 valence electrons. The number of para-hydroxylation sites is 2. The number of aromatic nitrogens is 2. The number of rotatable bonds is 6. The van der Waals surface area contributed by atoms with Gasteiger partial charge in [0, 0.05) is 32.7 Å². The van der Waals surface area contributed by atoms with E-state index < -0.39 is 11.7 Å². The molecule has 7 heteroatoms. The van der Waals surface area contributed by atoms with E-state index in [0.29, 0.717) is 16.7 Å². The summed E-state index contributed by atoms with van der Waals surface area (Å²) in [6, 6.07) is 65.7. The van der Waals surface area contributed by atoms with Crippen LogP contribution in [0, 0.1) is 36.5 Å². The van der Waals surface area contributed by atoms with Crippen molar-refractivity contribution in [3.63, 3.8) is 0 Å². The average molecular weight is 859 g/mol. The van der Waals surface area contributed by atoms with Crippen LogP contribution in [0.1, 0.15) is 27.8 Å². The van der Waals surface area contributed by atoms with Gasteiger partial charge in [-0.2, -0.15) is 23.7 Å². The van der Waals surface area contributed by atoms with Gasteiger partial charge in [0.25, 0.3) is 0 Å². The molecule has 0 aliphatic rings. The van der Waals surface area contributed by atoms with E-state index in [1.807, 2.05) is 66.7 Å². The molecule has 0 aliphatic heterocycles. The lowest BCUT2D eigenvalue weighted by Crippen LogP contribution is -2.05. The zero-order valence-corrected chi connectivity index (χ0v) is 35.8. The van der Waals surface area contributed by atoms with Gasteiger partial charge in [-0.15, -0.1) is 0 Å². The Hall–Kier alpha value is -8.65. The minimum atomic E-state index is -4.62. The highest BCUT2D eigenvalue weighted by molar-refractivity contribution is 6.13. The third-order valence-corrected chi connectivity index (χ3v) is 12.8. The summed E-state index contributed by atoms with van der Waals surface area (Å²) in [4.78, 5) is 0. The van der Waals surface area contributed by atoms with Gasteiger partial charge in [-0.05, 0) is 126 Å². The standard InChI is InChI=1S/C59H37F3N4/c1-36-11-16-39(17-12-36)41-20-26-56-50(31-41)47-7-3-5-9-53(47)65(56)55-25-15-38(34-63)29-49(55)52-33-43(46-24-23-45(59(60,61)62)30-44(46)35-64)22-28-58(52)66-54-10-6-4-8-48(54)51-32-42(21-27-57(51)66)40-18-13-37(2)14-19-40/h3-33H,1-2H3. The lowest BCUT2D eigenvalue weighted by atomic mass is 9.92. The van der Waals surface area contributed by atoms with Crippen LogP contribution in [0.2, 0.25) is 0 Å². The Bertz CT molecular complexity index is 3840. The number of benzene rings is 9. The molecular weight excluding hydrogens is 822 g/mol. The Morgan fingerprint density at radius 2 is 0.864 bits per heavy atom. The number of halogens is 3. The number of hydrogen-bond acceptors (Lipinski definition) is 2. The van der Waals surface area contributed by atoms with E-state index in [2.05, 4.69) is 138 Å². The van der Waals surface area contributed by atoms with Gasteiger partial charge < -0.3 is 9.13 Å². The SMILES string of the molecule is Cc1ccc(-c2ccc3c(c2)c2ccccc2n3-c2ccc(C#N)cc2-c2cc(-c3ccc(C(F)(F)F)cc3C#N)ccc2-n2c3ccccc3c3cc(-c4ccc(C)cc4)ccc32)cc1. The second kappa shape index (κ2) is 15.6. The van der Waals surface area contributed by atoms with Crippen molar-refractivity contribution in [2.24, 2.45) is 0 Å². The van der Waals surface area contributed by atoms with E-state index in [4.69, 9.17) is 0 Å². The first kappa shape index (κ1) is 40.1. The van der Waals surface area contributed by atoms with Gasteiger partial charge in [0.05, 0.1) is 62.3 Å². The van der Waals surface area contributed by atoms with Crippen LogP contribution in [0.4, 0.5) is 13.2 Å². The van der Waals surface area contributed by atoms with Crippen LogP contribution in [-0.4, -0.2) is 9.13 Å². The molecule has 11 rings (SSSR count). The van der Waals surface area contributed by atoms with E-state index in [1.165, 1.54) is 17.2 Å². The van der Waals surface area contributed by atoms with Gasteiger partial charge in [0.1, 0.15) is 0 Å². The molecule has 0 fully saturated rings. The van der Waals surface area contributed by atoms with Crippen LogP contribution in [0.5, 0.6) is 0 Å². The molecular formula is C59H37F3N4. The highest BCUT2D eigenvalue weighted by atomic mass is 19.4. The molecule has 0 atom stereocenters. The van der Waals surface area contributed by atoms with Crippen LogP contribution in [0.15, 0.2) is 188 Å². The fraction of sp³-hybridized carbons (Fsp3) is 0.0508. The van der Waals surface area contributed by atoms with Crippen molar-refractivity contribution in [1.29, 1.82) is 10.5 Å². The summed E-state index contributed by atoms with van der Waals surface area (Å²) in [5.74, 6) is 0. The molecule has 11 aromatic rings. The number of aryl methyl sites for hydroxylation is 2. The minimum absolute atomic E-state index is 0.0956. The van der Waals surface area contributed by atoms with E-state index in [0.717, 1.165) is 100 Å². The van der Waals surface area contributed by atoms with E-state index in [1.54, 1.807) is 0 Å². The molecule has 4 nitrogen and oxygen atoms in total. The first-order valence-electron chi connectivity index (χ1n) is 21.6. The van der Waals surface area contributed by atoms with Crippen LogP contribution in [0.25, 0.3) is 99.5 Å². The smallest absolute Gasteiger partial charge is 0.309 e. The fourth-order valence-corrected chi connectivity index (χ4v) is 9.51. The molecule has 0 N–H and O–H groups in total. The molecule has 2 aromatic heterocycles. The van der Waals surface area contributed by atoms with E-state index in [-0.39, 0.29) is 5.56 Å². The summed E-state index contributed by atoms with van der Waals surface area (Å²) in [5.41, 5.74) is 14.0. The van der Waals surface area contributed by atoms with Gasteiger partial charge in [-0.3, -0.25) is 0 Å². The summed E-state index contributed by atoms with van der Waals surface area (Å²) in [7, 11) is 0. The van der Waals surface area contributed by atoms with Gasteiger partial charge in [0.15, 0.2) is 0 Å². The quantitative estimate of drug-likeness (QED) is 0.167. The second-order valence-electron chi connectivity index (χ2n) is 16.8. The van der Waals surface area contributed by atoms with Crippen molar-refractivity contribution in [1.82, 2.24) is 9.13 Å². The topological polar surface area (TPSA) is 57.4 Å². The van der Waals surface area contributed by atoms with Crippen molar-refractivity contribution in [2.45, 2.75) is 20.0 Å². The Labute approximate surface area is 378 Å². The van der Waals surface area contributed by atoms with Crippen molar-refractivity contribution in [2.75, 3.05) is 0 Å². The molecule has 0 unspecified atom stereocenters. The molecule has 9 aromatic carbocycles. The molecule has 2 heterocycles. The van der Waals surface area contributed by atoms with Gasteiger partial charge in [0.2, 0.25) is 0 Å². The Morgan fingerprint density at radius 1 is 0.394 bits per heavy atom. The summed E-state index contributed by atoms with van der Waals surface area (Å²) < 4.78 is 46.4. The number of nitriles is 2. The highest BCUT2D eigenvalue weighted by Gasteiger charge is 2.31. The minimum Gasteiger partial charge on any atom is -0.309 e. The Morgan fingerprint density at radius 3 is 1.38 bits per heavy atom. The highest BCUT2D eigenvalue weighted by Crippen LogP contribution is 2.44. The maximum absolute atomic E-state index is 14.0. The maximum Gasteiger partial charge on any atom is 0.416 e. The van der Waals surface area contributed by atoms with Crippen molar-refractivity contribution < 1.29 is 13.2 Å². The maximum atomic E-state index is 14.0. The van der Waals surface area contributed by atoms with Crippen LogP contribution in [0.3, 0.4) is 0 Å². The third-order valence-electron chi connectivity index (χ3n) is 12.8. The monoisotopic (exact) mass is 858 g/mol. The zero-order chi connectivity index (χ0) is 45.3. The Kier molecular flexibility index (Phi) is 9.46. The summed E-state index contributed by atoms with van der Waals surface area (Å²) >= 11 is 0. The zero-order valence-electron chi connectivity index (χ0n) is 35.8. The second-order valence-corrected chi connectivity index (χ2v) is 16.8. The summed E-state index contributed by atoms with van der Waals surface area (Å²) in [6.07, 6.45) is -4.62. The molecule has 0 bridgehead atoms. The number of fused-ring (bicyclic) bond motifs is 6. The molecule has 0 saturated carbocycles. The number of nitrogens with zero attached hydrogens (tertiary/aromatic N) is 4. The largest absolute Gasteiger partial charge is 0.416 e. The Balaban J connectivity index is 1.21. The van der Waals surface area contributed by atoms with Crippen LogP contribution >= 0.6 is 0 Å². The van der Waals surface area contributed by atoms with Crippen molar-refractivity contribution in [3.05, 3.63) is 216 Å². The van der Waals surface area contributed by atoms with Crippen LogP contribution < -0.4 is 0 Å². The lowest BCUT2D eigenvalue weighted by Gasteiger charge is -2.20. The van der Waals surface area contributed by atoms with Crippen LogP contribution in [-0.2, 0) is 6.18 Å². The first-order valence-corrected chi connectivity index (χ1v) is 21.6. The molecule has 0 amide bonds. The summed E-state index contributed by atoms with van der Waals surface area (Å²) in [6.45, 7) is 4.15. The first-order chi connectivity index (χ1) is 32.1. The van der Waals surface area contributed by atoms with Crippen molar-refractivity contribution >= 4 is 43.6 Å². The molecule has 0 aliphatic carbocycles. The third kappa shape index (κ3) is 6.69. The van der Waals surface area contributed by atoms with Gasteiger partial charge in [-0.1, -0.05) is 120 Å². The van der Waals surface area contributed by atoms with E-state index in [9.17, 15) is 23.7 Å². The predicted octanol–water partition coefficient (Wildman–Crippen LogP) is 15.9. The summed E-state index contributed by atoms with van der Waals surface area (Å²) in [5, 5.41) is 25.0. The molecule has 0 spiro atoms. The molecule has 0 radical (unpaired) electrons. The van der Waals surface area contributed by atoms with E-state index >= 15 is 0 Å². The van der Waals surface area contributed by atoms with Gasteiger partial charge in [-0.25, -0.2) is 0 Å². The normalized spacial score (nSPS) is 11.7. The van der Waals surface area contributed by atoms with Crippen molar-refractivity contribution in [3.8, 4) is 68.0 Å². The lowest BCUT2D eigenvalue weighted by molar-refractivity contribution is -0.137.